The van der Waals surface area contributed by atoms with Crippen molar-refractivity contribution >= 4 is 46.3 Å². The van der Waals surface area contributed by atoms with E-state index in [1.807, 2.05) is 6.08 Å². The number of ether oxygens (including phenoxy) is 6. The third-order valence-corrected chi connectivity index (χ3v) is 13.4. The van der Waals surface area contributed by atoms with Gasteiger partial charge in [-0.05, 0) is 153 Å². The lowest BCUT2D eigenvalue weighted by molar-refractivity contribution is -0.440. The molecule has 85 heavy (non-hydrogen) atoms. The summed E-state index contributed by atoms with van der Waals surface area (Å²) in [5.74, 6) is -38.9. The van der Waals surface area contributed by atoms with Gasteiger partial charge in [-0.2, -0.15) is 57.1 Å². The van der Waals surface area contributed by atoms with Crippen molar-refractivity contribution in [3.8, 4) is 34.5 Å². The number of halogens is 14. The molecule has 456 valence electrons. The third-order valence-electron chi connectivity index (χ3n) is 13.1. The Balaban J connectivity index is 0.909. The van der Waals surface area contributed by atoms with Gasteiger partial charge in [-0.25, -0.2) is 19.2 Å². The highest BCUT2D eigenvalue weighted by Gasteiger charge is 2.90. The number of esters is 4. The van der Waals surface area contributed by atoms with Crippen molar-refractivity contribution in [2.45, 2.75) is 119 Å². The molecule has 0 bridgehead atoms. The molecule has 10 nitrogen and oxygen atoms in total. The third kappa shape index (κ3) is 16.8. The van der Waals surface area contributed by atoms with Crippen molar-refractivity contribution in [3.63, 3.8) is 0 Å². The summed E-state index contributed by atoms with van der Waals surface area (Å²) in [5.41, 5.74) is 0.508. The van der Waals surface area contributed by atoms with Gasteiger partial charge in [-0.15, -0.1) is 6.58 Å². The second kappa shape index (κ2) is 28.8. The van der Waals surface area contributed by atoms with E-state index in [4.69, 9.17) is 40.0 Å². The van der Waals surface area contributed by atoms with Crippen LogP contribution in [0.15, 0.2) is 140 Å². The molecule has 6 aromatic carbocycles. The van der Waals surface area contributed by atoms with Crippen LogP contribution in [-0.2, 0) is 0 Å². The molecular weight excluding hydrogens is 1180 g/mol. The molecule has 24 heteroatoms. The number of hydrogen-bond acceptors (Lipinski definition) is 10. The summed E-state index contributed by atoms with van der Waals surface area (Å²) < 4.78 is 207. The first-order valence-electron chi connectivity index (χ1n) is 26.4. The Bertz CT molecular complexity index is 3230. The van der Waals surface area contributed by atoms with Gasteiger partial charge in [0, 0.05) is 11.8 Å². The van der Waals surface area contributed by atoms with Gasteiger partial charge in [0.2, 0.25) is 0 Å². The highest BCUT2D eigenvalue weighted by Crippen LogP contribution is 2.61. The summed E-state index contributed by atoms with van der Waals surface area (Å²) in [6.45, 7) is 4.17. The van der Waals surface area contributed by atoms with Gasteiger partial charge in [0.15, 0.2) is 0 Å². The van der Waals surface area contributed by atoms with E-state index < -0.39 is 78.9 Å². The topological polar surface area (TPSA) is 124 Å². The fraction of sp³-hybridized carbons (Fsp3) is 0.344. The van der Waals surface area contributed by atoms with Crippen LogP contribution in [0.25, 0.3) is 10.8 Å². The lowest BCUT2D eigenvalue weighted by Crippen LogP contribution is -2.70. The number of benzene rings is 6. The predicted molar refractivity (Wildman–Crippen MR) is 287 cm³/mol. The fourth-order valence-electron chi connectivity index (χ4n) is 8.15. The number of fused-ring (bicyclic) bond motifs is 1. The van der Waals surface area contributed by atoms with Gasteiger partial charge in [-0.3, -0.25) is 0 Å². The van der Waals surface area contributed by atoms with Gasteiger partial charge in [-0.1, -0.05) is 74.8 Å². The normalized spacial score (nSPS) is 12.4. The summed E-state index contributed by atoms with van der Waals surface area (Å²) in [5, 5.41) is 1.00. The molecule has 0 saturated carbocycles. The zero-order valence-electron chi connectivity index (χ0n) is 44.9. The molecule has 0 N–H and O–H groups in total. The van der Waals surface area contributed by atoms with Crippen molar-refractivity contribution < 1.29 is 105 Å². The predicted octanol–water partition coefficient (Wildman–Crippen LogP) is 18.1. The lowest BCUT2D eigenvalue weighted by atomic mass is 9.91. The maximum Gasteiger partial charge on any atom is 0.460 e. The number of carbonyl (C=O) groups excluding carboxylic acids is 4. The van der Waals surface area contributed by atoms with Crippen molar-refractivity contribution in [3.05, 3.63) is 167 Å². The van der Waals surface area contributed by atoms with E-state index in [2.05, 4.69) is 6.58 Å². The lowest BCUT2D eigenvalue weighted by Gasteiger charge is -2.39. The van der Waals surface area contributed by atoms with E-state index in [-0.39, 0.29) is 69.9 Å². The number of rotatable bonds is 31. The monoisotopic (exact) mass is 1230 g/mol. The maximum absolute atomic E-state index is 14.0. The Hall–Kier alpha value is -7.82. The van der Waals surface area contributed by atoms with E-state index >= 15 is 0 Å². The Labute approximate surface area is 483 Å². The quantitative estimate of drug-likeness (QED) is 0.0137. The van der Waals surface area contributed by atoms with Crippen LogP contribution < -0.4 is 28.4 Å². The number of hydrogen-bond donors (Lipinski definition) is 0. The van der Waals surface area contributed by atoms with Crippen LogP contribution in [0.4, 0.5) is 57.1 Å². The van der Waals surface area contributed by atoms with Crippen LogP contribution in [0, 0.1) is 0 Å². The Kier molecular flexibility index (Phi) is 22.5. The molecule has 0 aliphatic carbocycles. The molecule has 0 amide bonds. The first-order valence-corrected chi connectivity index (χ1v) is 26.8. The maximum atomic E-state index is 14.0. The fourth-order valence-corrected chi connectivity index (χ4v) is 8.42. The zero-order chi connectivity index (χ0) is 62.2. The molecule has 6 rings (SSSR count). The minimum absolute atomic E-state index is 0.0154. The summed E-state index contributed by atoms with van der Waals surface area (Å²) in [6.07, 6.45) is -0.287. The Morgan fingerprint density at radius 2 is 0.753 bits per heavy atom. The van der Waals surface area contributed by atoms with Gasteiger partial charge in [0.25, 0.3) is 0 Å². The van der Waals surface area contributed by atoms with E-state index in [9.17, 15) is 76.3 Å². The van der Waals surface area contributed by atoms with E-state index in [0.29, 0.717) is 28.7 Å². The molecule has 0 saturated heterocycles. The van der Waals surface area contributed by atoms with Crippen LogP contribution in [0.1, 0.15) is 125 Å². The first-order chi connectivity index (χ1) is 40.1. The highest BCUT2D eigenvalue weighted by atomic mass is 35.5. The van der Waals surface area contributed by atoms with Crippen LogP contribution in [0.3, 0.4) is 0 Å². The average molecular weight is 1230 g/mol. The largest absolute Gasteiger partial charge is 0.494 e. The van der Waals surface area contributed by atoms with Crippen molar-refractivity contribution in [2.75, 3.05) is 13.2 Å². The standard InChI is InChI=1S/C61H54ClF13O10/c1-2-3-4-5-6-7-8-10-13-36-80-44-25-16-40(17-26-44)52(76)82-46-29-20-42(21-30-46)54(78)84-48-33-15-39-24-34-50(51(62)49(39)38-48)85-55(79)43-22-31-47(32-23-43)83-53(77)41-18-27-45(28-19-41)81-37-14-11-9-12-35-56(63,64)57(65,66)58(67,68)59(69,70)60(71,72)61(73,74)75/h2,15-34,38H,1,3-14,35-37H2. The SMILES string of the molecule is C=CCCCCCCCCCOc1ccc(C(=O)Oc2ccc(C(=O)Oc3ccc4ccc(OC(=O)c5ccc(OC(=O)c6ccc(OCCCCCCC(F)(F)C(F)(F)C(F)(F)C(F)(F)C(F)(F)C(F)(F)F)cc6)cc5)c(Cl)c4c3)cc2)cc1. The summed E-state index contributed by atoms with van der Waals surface area (Å²) in [4.78, 5) is 52.0. The van der Waals surface area contributed by atoms with E-state index in [1.165, 1.54) is 117 Å². The summed E-state index contributed by atoms with van der Waals surface area (Å²) >= 11 is 6.68. The molecular formula is C61H54ClF13O10. The number of alkyl halides is 13. The Morgan fingerprint density at radius 3 is 1.19 bits per heavy atom. The van der Waals surface area contributed by atoms with Crippen LogP contribution in [0.5, 0.6) is 34.5 Å². The second-order valence-corrected chi connectivity index (χ2v) is 19.7. The average Bonchev–Trinajstić information content (AvgIpc) is 0.819. The van der Waals surface area contributed by atoms with Gasteiger partial charge < -0.3 is 28.4 Å². The van der Waals surface area contributed by atoms with Crippen molar-refractivity contribution in [1.29, 1.82) is 0 Å². The zero-order valence-corrected chi connectivity index (χ0v) is 45.6. The number of allylic oxidation sites excluding steroid dienone is 1. The first kappa shape index (κ1) is 66.3. The van der Waals surface area contributed by atoms with Crippen LogP contribution in [0.2, 0.25) is 5.02 Å². The van der Waals surface area contributed by atoms with E-state index in [1.54, 1.807) is 36.4 Å². The van der Waals surface area contributed by atoms with Crippen LogP contribution >= 0.6 is 11.6 Å². The van der Waals surface area contributed by atoms with Gasteiger partial charge >= 0.3 is 59.7 Å². The second-order valence-electron chi connectivity index (χ2n) is 19.3. The minimum Gasteiger partial charge on any atom is -0.494 e. The summed E-state index contributed by atoms with van der Waals surface area (Å²) in [6, 6.07) is 30.6. The molecule has 0 fully saturated rings. The molecule has 0 heterocycles. The van der Waals surface area contributed by atoms with Crippen molar-refractivity contribution in [2.24, 2.45) is 0 Å². The van der Waals surface area contributed by atoms with Gasteiger partial charge in [0.1, 0.15) is 34.5 Å². The highest BCUT2D eigenvalue weighted by molar-refractivity contribution is 6.37. The molecule has 0 spiro atoms. The molecule has 0 aliphatic heterocycles. The molecule has 6 aromatic rings. The Morgan fingerprint density at radius 1 is 0.400 bits per heavy atom. The molecule has 0 aromatic heterocycles. The minimum atomic E-state index is -7.94. The van der Waals surface area contributed by atoms with Gasteiger partial charge in [0.05, 0.1) is 40.5 Å². The van der Waals surface area contributed by atoms with E-state index in [0.717, 1.165) is 25.7 Å². The summed E-state index contributed by atoms with van der Waals surface area (Å²) in [7, 11) is 0. The number of carbonyl (C=O) groups is 4. The van der Waals surface area contributed by atoms with Crippen molar-refractivity contribution in [1.82, 2.24) is 0 Å². The molecule has 0 unspecified atom stereocenters. The van der Waals surface area contributed by atoms with Crippen LogP contribution in [-0.4, -0.2) is 72.9 Å². The molecule has 0 aliphatic rings. The molecule has 0 atom stereocenters. The molecule has 0 radical (unpaired) electrons. The number of unbranched alkanes of at least 4 members (excludes halogenated alkanes) is 10. The smallest absolute Gasteiger partial charge is 0.460 e.